The smallest absolute Gasteiger partial charge is 0.240 e. The van der Waals surface area contributed by atoms with E-state index in [0.29, 0.717) is 12.4 Å². The van der Waals surface area contributed by atoms with Crippen LogP contribution in [-0.4, -0.2) is 49.6 Å². The van der Waals surface area contributed by atoms with Gasteiger partial charge in [-0.25, -0.2) is 0 Å². The van der Waals surface area contributed by atoms with Gasteiger partial charge in [-0.3, -0.25) is 4.90 Å². The number of hydrogen-bond donors (Lipinski definition) is 0. The van der Waals surface area contributed by atoms with E-state index in [1.165, 1.54) is 0 Å². The number of ether oxygens (including phenoxy) is 1. The average Bonchev–Trinajstić information content (AvgIpc) is 3.18. The lowest BCUT2D eigenvalue weighted by Gasteiger charge is -2.21. The van der Waals surface area contributed by atoms with E-state index in [4.69, 9.17) is 9.26 Å². The first-order valence-corrected chi connectivity index (χ1v) is 7.82. The van der Waals surface area contributed by atoms with E-state index in [1.54, 1.807) is 13.4 Å². The van der Waals surface area contributed by atoms with Gasteiger partial charge in [0, 0.05) is 26.1 Å². The van der Waals surface area contributed by atoms with Crippen LogP contribution in [0.15, 0.2) is 10.9 Å². The number of hydrogen-bond acceptors (Lipinski definition) is 7. The highest BCUT2D eigenvalue weighted by molar-refractivity contribution is 5.04. The third kappa shape index (κ3) is 3.28. The summed E-state index contributed by atoms with van der Waals surface area (Å²) in [5, 5.41) is 12.3. The van der Waals surface area contributed by atoms with Gasteiger partial charge in [0.2, 0.25) is 5.89 Å². The van der Waals surface area contributed by atoms with Gasteiger partial charge in [0.05, 0.1) is 18.7 Å². The molecule has 2 aromatic heterocycles. The van der Waals surface area contributed by atoms with E-state index in [-0.39, 0.29) is 17.6 Å². The monoisotopic (exact) mass is 320 g/mol. The number of aryl methyl sites for hydroxylation is 1. The molecule has 0 unspecified atom stereocenters. The van der Waals surface area contributed by atoms with Crippen molar-refractivity contribution in [3.63, 3.8) is 0 Å². The number of methoxy groups -OCH3 is 1. The molecule has 8 nitrogen and oxygen atoms in total. The van der Waals surface area contributed by atoms with Crippen LogP contribution in [0, 0.1) is 0 Å². The second-order valence-electron chi connectivity index (χ2n) is 7.10. The van der Waals surface area contributed by atoms with Crippen LogP contribution in [0.1, 0.15) is 50.8 Å². The van der Waals surface area contributed by atoms with Crippen LogP contribution in [0.25, 0.3) is 0 Å². The fourth-order valence-electron chi connectivity index (χ4n) is 2.87. The second kappa shape index (κ2) is 6.01. The molecule has 0 amide bonds. The van der Waals surface area contributed by atoms with Crippen LogP contribution < -0.4 is 0 Å². The van der Waals surface area contributed by atoms with Crippen LogP contribution >= 0.6 is 0 Å². The molecule has 2 atom stereocenters. The molecule has 23 heavy (non-hydrogen) atoms. The molecule has 1 saturated heterocycles. The number of nitrogens with zero attached hydrogens (tertiary/aromatic N) is 6. The largest absolute Gasteiger partial charge is 0.380 e. The summed E-state index contributed by atoms with van der Waals surface area (Å²) in [7, 11) is 3.70. The molecule has 0 bridgehead atoms. The fourth-order valence-corrected chi connectivity index (χ4v) is 2.87. The molecule has 3 rings (SSSR count). The SMILES string of the molecule is CO[C@@H]1C[C@@H](c2nncn2C)N(Cc2nc(C(C)(C)C)no2)C1. The number of likely N-dealkylation sites (tertiary alicyclic amines) is 1. The van der Waals surface area contributed by atoms with Crippen molar-refractivity contribution in [3.8, 4) is 0 Å². The van der Waals surface area contributed by atoms with Crippen molar-refractivity contribution in [2.24, 2.45) is 7.05 Å². The Kier molecular flexibility index (Phi) is 4.20. The third-order valence-electron chi connectivity index (χ3n) is 4.22. The summed E-state index contributed by atoms with van der Waals surface area (Å²) in [6.45, 7) is 7.60. The van der Waals surface area contributed by atoms with Crippen molar-refractivity contribution in [2.75, 3.05) is 13.7 Å². The molecular formula is C15H24N6O2. The predicted octanol–water partition coefficient (Wildman–Crippen LogP) is 1.46. The van der Waals surface area contributed by atoms with E-state index in [1.807, 2.05) is 11.6 Å². The highest BCUT2D eigenvalue weighted by Gasteiger charge is 2.37. The Hall–Kier alpha value is -1.80. The molecule has 3 heterocycles. The van der Waals surface area contributed by atoms with Gasteiger partial charge < -0.3 is 13.8 Å². The summed E-state index contributed by atoms with van der Waals surface area (Å²) in [6.07, 6.45) is 2.77. The van der Waals surface area contributed by atoms with E-state index in [0.717, 1.165) is 24.6 Å². The van der Waals surface area contributed by atoms with E-state index in [2.05, 4.69) is 46.0 Å². The van der Waals surface area contributed by atoms with E-state index < -0.39 is 0 Å². The van der Waals surface area contributed by atoms with Crippen molar-refractivity contribution in [3.05, 3.63) is 23.9 Å². The highest BCUT2D eigenvalue weighted by atomic mass is 16.5. The fraction of sp³-hybridized carbons (Fsp3) is 0.733. The van der Waals surface area contributed by atoms with Gasteiger partial charge in [0.1, 0.15) is 12.2 Å². The molecule has 126 valence electrons. The predicted molar refractivity (Wildman–Crippen MR) is 82.6 cm³/mol. The molecule has 1 aliphatic heterocycles. The maximum Gasteiger partial charge on any atom is 0.240 e. The first-order chi connectivity index (χ1) is 10.9. The minimum Gasteiger partial charge on any atom is -0.380 e. The molecule has 0 radical (unpaired) electrons. The maximum absolute atomic E-state index is 5.54. The first kappa shape index (κ1) is 16.1. The Labute approximate surface area is 135 Å². The maximum atomic E-state index is 5.54. The van der Waals surface area contributed by atoms with E-state index >= 15 is 0 Å². The summed E-state index contributed by atoms with van der Waals surface area (Å²) in [5.74, 6) is 2.28. The quantitative estimate of drug-likeness (QED) is 0.843. The van der Waals surface area contributed by atoms with Gasteiger partial charge in [0.25, 0.3) is 0 Å². The molecule has 0 aliphatic carbocycles. The topological polar surface area (TPSA) is 82.1 Å². The number of rotatable bonds is 4. The van der Waals surface area contributed by atoms with Crippen LogP contribution in [0.3, 0.4) is 0 Å². The van der Waals surface area contributed by atoms with Gasteiger partial charge >= 0.3 is 0 Å². The van der Waals surface area contributed by atoms with E-state index in [9.17, 15) is 0 Å². The first-order valence-electron chi connectivity index (χ1n) is 7.82. The lowest BCUT2D eigenvalue weighted by molar-refractivity contribution is 0.105. The molecule has 2 aromatic rings. The zero-order valence-electron chi connectivity index (χ0n) is 14.4. The Balaban J connectivity index is 1.79. The molecule has 8 heteroatoms. The Morgan fingerprint density at radius 3 is 2.74 bits per heavy atom. The average molecular weight is 320 g/mol. The summed E-state index contributed by atoms with van der Waals surface area (Å²) in [4.78, 5) is 6.79. The number of aromatic nitrogens is 5. The summed E-state index contributed by atoms with van der Waals surface area (Å²) < 4.78 is 12.9. The summed E-state index contributed by atoms with van der Waals surface area (Å²) >= 11 is 0. The standard InChI is InChI=1S/C15H24N6O2/c1-15(2,3)14-17-12(23-19-14)8-21-7-10(22-5)6-11(21)13-18-16-9-20(13)4/h9-11H,6-8H2,1-5H3/t10-,11+/m1/s1. The van der Waals surface area contributed by atoms with Gasteiger partial charge in [-0.1, -0.05) is 25.9 Å². The summed E-state index contributed by atoms with van der Waals surface area (Å²) in [5.41, 5.74) is -0.120. The van der Waals surface area contributed by atoms with Gasteiger partial charge in [-0.2, -0.15) is 4.98 Å². The molecule has 0 saturated carbocycles. The molecule has 1 aliphatic rings. The van der Waals surface area contributed by atoms with Crippen LogP contribution in [0.2, 0.25) is 0 Å². The minimum absolute atomic E-state index is 0.120. The van der Waals surface area contributed by atoms with Crippen molar-refractivity contribution < 1.29 is 9.26 Å². The Morgan fingerprint density at radius 1 is 1.39 bits per heavy atom. The normalized spacial score (nSPS) is 22.8. The zero-order valence-corrected chi connectivity index (χ0v) is 14.4. The van der Waals surface area contributed by atoms with Crippen LogP contribution in [-0.2, 0) is 23.7 Å². The third-order valence-corrected chi connectivity index (χ3v) is 4.22. The molecule has 1 fully saturated rings. The summed E-state index contributed by atoms with van der Waals surface area (Å²) in [6, 6.07) is 0.137. The lowest BCUT2D eigenvalue weighted by Crippen LogP contribution is -2.26. The zero-order chi connectivity index (χ0) is 16.6. The van der Waals surface area contributed by atoms with Gasteiger partial charge in [-0.05, 0) is 6.42 Å². The van der Waals surface area contributed by atoms with Gasteiger partial charge in [-0.15, -0.1) is 10.2 Å². The van der Waals surface area contributed by atoms with Crippen LogP contribution in [0.5, 0.6) is 0 Å². The highest BCUT2D eigenvalue weighted by Crippen LogP contribution is 2.33. The van der Waals surface area contributed by atoms with Crippen molar-refractivity contribution in [2.45, 2.75) is 51.3 Å². The van der Waals surface area contributed by atoms with Crippen molar-refractivity contribution >= 4 is 0 Å². The van der Waals surface area contributed by atoms with Crippen molar-refractivity contribution in [1.29, 1.82) is 0 Å². The molecular weight excluding hydrogens is 296 g/mol. The Morgan fingerprint density at radius 2 is 2.17 bits per heavy atom. The molecule has 0 N–H and O–H groups in total. The van der Waals surface area contributed by atoms with Crippen molar-refractivity contribution in [1.82, 2.24) is 29.8 Å². The molecule has 0 aromatic carbocycles. The minimum atomic E-state index is -0.120. The van der Waals surface area contributed by atoms with Gasteiger partial charge in [0.15, 0.2) is 5.82 Å². The second-order valence-corrected chi connectivity index (χ2v) is 7.10. The lowest BCUT2D eigenvalue weighted by atomic mass is 9.96. The molecule has 0 spiro atoms. The van der Waals surface area contributed by atoms with Crippen LogP contribution in [0.4, 0.5) is 0 Å². The Bertz CT molecular complexity index is 659.